The number of pyridine rings is 1. The summed E-state index contributed by atoms with van der Waals surface area (Å²) in [5.41, 5.74) is -0.256. The molecule has 6 rings (SSSR count). The van der Waals surface area contributed by atoms with Crippen molar-refractivity contribution in [1.29, 1.82) is 0 Å². The Hall–Kier alpha value is -4.80. The number of likely N-dealkylation sites (N-methyl/N-ethyl adjacent to an activating group) is 1. The number of halogens is 3. The number of thiazole rings is 1. The van der Waals surface area contributed by atoms with Gasteiger partial charge in [-0.25, -0.2) is 24.3 Å². The Balaban J connectivity index is 1.28. The number of ether oxygens (including phenoxy) is 2. The molecule has 1 aliphatic carbocycles. The van der Waals surface area contributed by atoms with Crippen molar-refractivity contribution in [2.45, 2.75) is 58.9 Å². The van der Waals surface area contributed by atoms with Crippen molar-refractivity contribution in [3.05, 3.63) is 59.7 Å². The van der Waals surface area contributed by atoms with E-state index in [1.807, 2.05) is 6.92 Å². The second-order valence-electron chi connectivity index (χ2n) is 12.8. The third-order valence-electron chi connectivity index (χ3n) is 7.55. The maximum Gasteiger partial charge on any atom is 0.421 e. The van der Waals surface area contributed by atoms with Gasteiger partial charge in [-0.3, -0.25) is 4.79 Å². The van der Waals surface area contributed by atoms with Gasteiger partial charge in [-0.2, -0.15) is 13.2 Å². The molecule has 0 aliphatic heterocycles. The number of fused-ring (bicyclic) bond motifs is 2. The standard InChI is InChI=1S/C34H37F3N8O4S/c1-5-38-14-15-39-18-20-8-9-21(16-23(20)34(35,36)37)40-30-41-24-11-10-22(17-26(24)45(30)32(47)49-33(2,3)4)48-27-13-12-25-29(43-27)50-31(42-25)44-28(46)19-6-7-19/h8-13,16-17,19,38-39H,5-7,14-15,18H2,1-4H3,(H,40,41)(H,42,44,46). The monoisotopic (exact) mass is 710 g/mol. The molecular formula is C34H37F3N8O4S. The number of hydrogen-bond donors (Lipinski definition) is 4. The molecule has 264 valence electrons. The molecule has 50 heavy (non-hydrogen) atoms. The largest absolute Gasteiger partial charge is 0.443 e. The van der Waals surface area contributed by atoms with E-state index in [-0.39, 0.29) is 41.4 Å². The van der Waals surface area contributed by atoms with E-state index in [0.717, 1.165) is 30.0 Å². The minimum absolute atomic E-state index is 0.0304. The molecule has 1 saturated carbocycles. The van der Waals surface area contributed by atoms with Crippen LogP contribution in [-0.4, -0.2) is 56.8 Å². The number of nitrogens with zero attached hydrogens (tertiary/aromatic N) is 4. The van der Waals surface area contributed by atoms with E-state index >= 15 is 0 Å². The van der Waals surface area contributed by atoms with Crippen LogP contribution in [-0.2, 0) is 22.3 Å². The maximum absolute atomic E-state index is 14.1. The number of alkyl halides is 3. The Bertz CT molecular complexity index is 2030. The molecule has 5 aromatic rings. The number of aromatic nitrogens is 4. The van der Waals surface area contributed by atoms with Crippen LogP contribution in [0.15, 0.2) is 48.5 Å². The number of benzene rings is 2. The van der Waals surface area contributed by atoms with Crippen molar-refractivity contribution in [2.24, 2.45) is 5.92 Å². The normalized spacial score (nSPS) is 13.5. The second-order valence-corrected chi connectivity index (χ2v) is 13.8. The van der Waals surface area contributed by atoms with Crippen LogP contribution >= 0.6 is 11.3 Å². The van der Waals surface area contributed by atoms with Gasteiger partial charge in [-0.05, 0) is 76.1 Å². The third-order valence-corrected chi connectivity index (χ3v) is 8.43. The lowest BCUT2D eigenvalue weighted by atomic mass is 10.1. The fourth-order valence-corrected chi connectivity index (χ4v) is 5.89. The van der Waals surface area contributed by atoms with E-state index in [1.165, 1.54) is 23.5 Å². The summed E-state index contributed by atoms with van der Waals surface area (Å²) in [5, 5.41) is 12.3. The fourth-order valence-electron chi connectivity index (χ4n) is 5.06. The van der Waals surface area contributed by atoms with Gasteiger partial charge < -0.3 is 30.7 Å². The van der Waals surface area contributed by atoms with Gasteiger partial charge >= 0.3 is 12.3 Å². The molecule has 1 fully saturated rings. The van der Waals surface area contributed by atoms with Crippen molar-refractivity contribution in [3.8, 4) is 11.6 Å². The maximum atomic E-state index is 14.1. The van der Waals surface area contributed by atoms with Crippen molar-refractivity contribution in [1.82, 2.24) is 30.2 Å². The molecule has 0 radical (unpaired) electrons. The lowest BCUT2D eigenvalue weighted by Crippen LogP contribution is -2.28. The first kappa shape index (κ1) is 35.0. The molecule has 2 aromatic carbocycles. The minimum Gasteiger partial charge on any atom is -0.443 e. The Morgan fingerprint density at radius 1 is 0.960 bits per heavy atom. The molecule has 0 atom stereocenters. The Labute approximate surface area is 289 Å². The zero-order valence-corrected chi connectivity index (χ0v) is 28.7. The molecule has 4 N–H and O–H groups in total. The number of carbonyl (C=O) groups is 2. The fraction of sp³-hybridized carbons (Fsp3) is 0.382. The number of imidazole rings is 1. The van der Waals surface area contributed by atoms with E-state index in [2.05, 4.69) is 36.2 Å². The quantitative estimate of drug-likeness (QED) is 0.0966. The van der Waals surface area contributed by atoms with Crippen LogP contribution in [0.2, 0.25) is 0 Å². The first-order valence-electron chi connectivity index (χ1n) is 16.2. The summed E-state index contributed by atoms with van der Waals surface area (Å²) in [6.07, 6.45) is -3.65. The molecule has 0 unspecified atom stereocenters. The summed E-state index contributed by atoms with van der Waals surface area (Å²) in [6.45, 7) is 9.00. The topological polar surface area (TPSA) is 144 Å². The highest BCUT2D eigenvalue weighted by Crippen LogP contribution is 2.36. The molecule has 0 bridgehead atoms. The van der Waals surface area contributed by atoms with Gasteiger partial charge in [0.15, 0.2) is 5.13 Å². The number of nitrogens with one attached hydrogen (secondary N) is 4. The number of anilines is 3. The van der Waals surface area contributed by atoms with Crippen LogP contribution < -0.4 is 26.0 Å². The highest BCUT2D eigenvalue weighted by molar-refractivity contribution is 7.21. The molecule has 0 spiro atoms. The Kier molecular flexibility index (Phi) is 9.96. The summed E-state index contributed by atoms with van der Waals surface area (Å²) in [5.74, 6) is 0.513. The van der Waals surface area contributed by atoms with Crippen LogP contribution in [0.4, 0.5) is 34.7 Å². The lowest BCUT2D eigenvalue weighted by Gasteiger charge is -2.21. The van der Waals surface area contributed by atoms with Gasteiger partial charge in [0.1, 0.15) is 21.7 Å². The van der Waals surface area contributed by atoms with Crippen LogP contribution in [0.1, 0.15) is 51.7 Å². The average molecular weight is 711 g/mol. The molecule has 3 aromatic heterocycles. The highest BCUT2D eigenvalue weighted by atomic mass is 32.1. The average Bonchev–Trinajstić information content (AvgIpc) is 3.73. The molecule has 0 saturated heterocycles. The molecular weight excluding hydrogens is 673 g/mol. The third kappa shape index (κ3) is 8.49. The van der Waals surface area contributed by atoms with Crippen molar-refractivity contribution < 1.29 is 32.2 Å². The first-order chi connectivity index (χ1) is 23.8. The van der Waals surface area contributed by atoms with Gasteiger partial charge in [0.05, 0.1) is 16.6 Å². The van der Waals surface area contributed by atoms with Gasteiger partial charge in [0.25, 0.3) is 0 Å². The van der Waals surface area contributed by atoms with E-state index in [4.69, 9.17) is 9.47 Å². The van der Waals surface area contributed by atoms with Gasteiger partial charge in [-0.15, -0.1) is 0 Å². The zero-order valence-electron chi connectivity index (χ0n) is 27.9. The summed E-state index contributed by atoms with van der Waals surface area (Å²) < 4.78 is 55.3. The summed E-state index contributed by atoms with van der Waals surface area (Å²) in [6, 6.07) is 12.1. The predicted octanol–water partition coefficient (Wildman–Crippen LogP) is 7.43. The van der Waals surface area contributed by atoms with Crippen LogP contribution in [0.25, 0.3) is 21.4 Å². The molecule has 3 heterocycles. The van der Waals surface area contributed by atoms with E-state index < -0.39 is 23.4 Å². The van der Waals surface area contributed by atoms with Gasteiger partial charge in [0, 0.05) is 43.4 Å². The molecule has 16 heteroatoms. The summed E-state index contributed by atoms with van der Waals surface area (Å²) in [4.78, 5) is 39.7. The van der Waals surface area contributed by atoms with Crippen molar-refractivity contribution in [2.75, 3.05) is 30.3 Å². The van der Waals surface area contributed by atoms with E-state index in [0.29, 0.717) is 45.4 Å². The van der Waals surface area contributed by atoms with E-state index in [1.54, 1.807) is 51.1 Å². The van der Waals surface area contributed by atoms with Crippen LogP contribution in [0.5, 0.6) is 11.6 Å². The predicted molar refractivity (Wildman–Crippen MR) is 185 cm³/mol. The molecule has 1 aliphatic rings. The van der Waals surface area contributed by atoms with Crippen LogP contribution in [0.3, 0.4) is 0 Å². The summed E-state index contributed by atoms with van der Waals surface area (Å²) >= 11 is 1.23. The summed E-state index contributed by atoms with van der Waals surface area (Å²) in [7, 11) is 0. The molecule has 1 amide bonds. The Morgan fingerprint density at radius 2 is 1.72 bits per heavy atom. The SMILES string of the molecule is CCNCCNCc1ccc(Nc2nc3ccc(Oc4ccc5nc(NC(=O)C6CC6)sc5n4)cc3n2C(=O)OC(C)(C)C)cc1C(F)(F)F. The number of hydrogen-bond acceptors (Lipinski definition) is 11. The van der Waals surface area contributed by atoms with E-state index in [9.17, 15) is 22.8 Å². The first-order valence-corrected chi connectivity index (χ1v) is 17.0. The number of amides is 1. The van der Waals surface area contributed by atoms with Gasteiger partial charge in [-0.1, -0.05) is 24.3 Å². The van der Waals surface area contributed by atoms with Gasteiger partial charge in [0.2, 0.25) is 17.7 Å². The minimum atomic E-state index is -4.61. The number of rotatable bonds is 12. The Morgan fingerprint density at radius 3 is 2.44 bits per heavy atom. The number of carbonyl (C=O) groups excluding carboxylic acids is 2. The molecule has 12 nitrogen and oxygen atoms in total. The smallest absolute Gasteiger partial charge is 0.421 e. The zero-order chi connectivity index (χ0) is 35.6. The van der Waals surface area contributed by atoms with Crippen molar-refractivity contribution >= 4 is 61.5 Å². The second kappa shape index (κ2) is 14.2. The van der Waals surface area contributed by atoms with Crippen molar-refractivity contribution in [3.63, 3.8) is 0 Å². The lowest BCUT2D eigenvalue weighted by molar-refractivity contribution is -0.138. The van der Waals surface area contributed by atoms with Crippen LogP contribution in [0, 0.1) is 5.92 Å². The highest BCUT2D eigenvalue weighted by Gasteiger charge is 2.34.